The van der Waals surface area contributed by atoms with Gasteiger partial charge in [0.05, 0.1) is 19.6 Å². The molecule has 16 heavy (non-hydrogen) atoms. The maximum Gasteiger partial charge on any atom is 0.136 e. The molecular formula is C13H20N3+. The standard InChI is InChI=1S/C13H20N3/c1-12-11-16(12)9-4-7-15(8-10-16)13-5-2-3-6-14-13/h2-3,5-6,12H,4,7-11H2,1H3/q+1. The Morgan fingerprint density at radius 3 is 2.88 bits per heavy atom. The molecule has 3 heterocycles. The average molecular weight is 218 g/mol. The summed E-state index contributed by atoms with van der Waals surface area (Å²) in [7, 11) is 0. The fraction of sp³-hybridized carbons (Fsp3) is 0.615. The summed E-state index contributed by atoms with van der Waals surface area (Å²) in [4.78, 5) is 6.89. The van der Waals surface area contributed by atoms with Gasteiger partial charge in [-0.15, -0.1) is 0 Å². The number of anilines is 1. The molecule has 3 rings (SSSR count). The fourth-order valence-corrected chi connectivity index (χ4v) is 2.99. The Bertz CT molecular complexity index is 365. The van der Waals surface area contributed by atoms with Crippen LogP contribution in [0.3, 0.4) is 0 Å². The van der Waals surface area contributed by atoms with E-state index in [0.29, 0.717) is 0 Å². The molecule has 0 saturated carbocycles. The molecule has 2 unspecified atom stereocenters. The van der Waals surface area contributed by atoms with Crippen molar-refractivity contribution < 1.29 is 4.48 Å². The molecule has 3 nitrogen and oxygen atoms in total. The molecule has 0 aliphatic carbocycles. The molecule has 0 aromatic carbocycles. The molecule has 1 aromatic rings. The number of nitrogens with zero attached hydrogens (tertiary/aromatic N) is 3. The van der Waals surface area contributed by atoms with Crippen LogP contribution in [0.1, 0.15) is 13.3 Å². The van der Waals surface area contributed by atoms with Crippen LogP contribution in [0, 0.1) is 0 Å². The second-order valence-corrected chi connectivity index (χ2v) is 5.23. The molecular weight excluding hydrogens is 198 g/mol. The van der Waals surface area contributed by atoms with Crippen LogP contribution in [0.25, 0.3) is 0 Å². The van der Waals surface area contributed by atoms with Crippen molar-refractivity contribution in [1.29, 1.82) is 0 Å². The molecule has 1 aromatic heterocycles. The van der Waals surface area contributed by atoms with Gasteiger partial charge in [0.25, 0.3) is 0 Å². The third kappa shape index (κ3) is 1.69. The highest BCUT2D eigenvalue weighted by Gasteiger charge is 2.51. The van der Waals surface area contributed by atoms with E-state index in [1.54, 1.807) is 0 Å². The first kappa shape index (κ1) is 10.1. The SMILES string of the molecule is CC1C[N+]12CCCN(c1ccccn1)CC2. The first-order valence-corrected chi connectivity index (χ1v) is 6.32. The third-order valence-corrected chi connectivity index (χ3v) is 4.25. The average Bonchev–Trinajstić information content (AvgIpc) is 3.01. The van der Waals surface area contributed by atoms with Crippen LogP contribution < -0.4 is 4.90 Å². The second-order valence-electron chi connectivity index (χ2n) is 5.23. The zero-order valence-corrected chi connectivity index (χ0v) is 9.97. The van der Waals surface area contributed by atoms with E-state index in [0.717, 1.165) is 11.9 Å². The van der Waals surface area contributed by atoms with E-state index in [1.165, 1.54) is 43.6 Å². The lowest BCUT2D eigenvalue weighted by Gasteiger charge is -2.21. The van der Waals surface area contributed by atoms with Gasteiger partial charge in [0.2, 0.25) is 0 Å². The lowest BCUT2D eigenvalue weighted by molar-refractivity contribution is -0.810. The Balaban J connectivity index is 1.71. The van der Waals surface area contributed by atoms with Crippen LogP contribution in [0.5, 0.6) is 0 Å². The lowest BCUT2D eigenvalue weighted by atomic mass is 10.3. The number of pyridine rings is 1. The normalized spacial score (nSPS) is 33.8. The zero-order valence-electron chi connectivity index (χ0n) is 9.97. The van der Waals surface area contributed by atoms with E-state index in [1.807, 2.05) is 12.3 Å². The molecule has 2 fully saturated rings. The van der Waals surface area contributed by atoms with Crippen LogP contribution in [-0.2, 0) is 0 Å². The summed E-state index contributed by atoms with van der Waals surface area (Å²) in [6.07, 6.45) is 3.20. The Hall–Kier alpha value is -1.09. The van der Waals surface area contributed by atoms with Crippen molar-refractivity contribution in [3.8, 4) is 0 Å². The molecule has 2 saturated heterocycles. The highest BCUT2D eigenvalue weighted by Crippen LogP contribution is 2.32. The van der Waals surface area contributed by atoms with Gasteiger partial charge in [-0.1, -0.05) is 6.07 Å². The first-order valence-electron chi connectivity index (χ1n) is 6.32. The van der Waals surface area contributed by atoms with Crippen LogP contribution in [0.15, 0.2) is 24.4 Å². The summed E-state index contributed by atoms with van der Waals surface area (Å²) in [6, 6.07) is 7.10. The van der Waals surface area contributed by atoms with E-state index < -0.39 is 0 Å². The highest BCUT2D eigenvalue weighted by molar-refractivity contribution is 5.37. The van der Waals surface area contributed by atoms with Crippen molar-refractivity contribution in [2.75, 3.05) is 37.6 Å². The van der Waals surface area contributed by atoms with Crippen LogP contribution in [-0.4, -0.2) is 48.2 Å². The van der Waals surface area contributed by atoms with Crippen LogP contribution >= 0.6 is 0 Å². The molecule has 3 heteroatoms. The molecule has 86 valence electrons. The summed E-state index contributed by atoms with van der Waals surface area (Å²) < 4.78 is 1.36. The highest BCUT2D eigenvalue weighted by atomic mass is 15.5. The number of quaternary nitrogens is 1. The summed E-state index contributed by atoms with van der Waals surface area (Å²) in [5.74, 6) is 1.15. The number of hydrogen-bond donors (Lipinski definition) is 0. The van der Waals surface area contributed by atoms with E-state index in [-0.39, 0.29) is 0 Å². The third-order valence-electron chi connectivity index (χ3n) is 4.25. The number of hydrogen-bond acceptors (Lipinski definition) is 2. The van der Waals surface area contributed by atoms with Crippen molar-refractivity contribution in [3.05, 3.63) is 24.4 Å². The fourth-order valence-electron chi connectivity index (χ4n) is 2.99. The van der Waals surface area contributed by atoms with E-state index >= 15 is 0 Å². The van der Waals surface area contributed by atoms with Gasteiger partial charge < -0.3 is 9.38 Å². The van der Waals surface area contributed by atoms with Gasteiger partial charge in [-0.3, -0.25) is 0 Å². The van der Waals surface area contributed by atoms with Crippen molar-refractivity contribution in [2.45, 2.75) is 19.4 Å². The molecule has 0 bridgehead atoms. The predicted octanol–water partition coefficient (Wildman–Crippen LogP) is 1.51. The van der Waals surface area contributed by atoms with Crippen molar-refractivity contribution in [3.63, 3.8) is 0 Å². The molecule has 2 aliphatic rings. The first-order chi connectivity index (χ1) is 7.80. The second kappa shape index (κ2) is 3.74. The van der Waals surface area contributed by atoms with E-state index in [4.69, 9.17) is 0 Å². The minimum absolute atomic E-state index is 0.906. The van der Waals surface area contributed by atoms with Gasteiger partial charge in [0.15, 0.2) is 0 Å². The maximum atomic E-state index is 4.45. The molecule has 0 amide bonds. The Labute approximate surface area is 97.3 Å². The summed E-state index contributed by atoms with van der Waals surface area (Å²) >= 11 is 0. The van der Waals surface area contributed by atoms with Gasteiger partial charge in [-0.2, -0.15) is 0 Å². The van der Waals surface area contributed by atoms with Crippen LogP contribution in [0.4, 0.5) is 5.82 Å². The largest absolute Gasteiger partial charge is 0.351 e. The van der Waals surface area contributed by atoms with Crippen LogP contribution in [0.2, 0.25) is 0 Å². The Morgan fingerprint density at radius 2 is 2.19 bits per heavy atom. The summed E-state index contributed by atoms with van der Waals surface area (Å²) in [6.45, 7) is 8.79. The summed E-state index contributed by atoms with van der Waals surface area (Å²) in [5.41, 5.74) is 0. The predicted molar refractivity (Wildman–Crippen MR) is 65.4 cm³/mol. The molecule has 2 atom stereocenters. The monoisotopic (exact) mass is 218 g/mol. The van der Waals surface area contributed by atoms with Gasteiger partial charge in [0, 0.05) is 19.2 Å². The topological polar surface area (TPSA) is 16.1 Å². The molecule has 0 radical (unpaired) electrons. The lowest BCUT2D eigenvalue weighted by Crippen LogP contribution is -2.34. The number of rotatable bonds is 1. The molecule has 2 aliphatic heterocycles. The minimum atomic E-state index is 0.906. The van der Waals surface area contributed by atoms with Crippen molar-refractivity contribution in [1.82, 2.24) is 4.98 Å². The van der Waals surface area contributed by atoms with Gasteiger partial charge in [-0.25, -0.2) is 4.98 Å². The minimum Gasteiger partial charge on any atom is -0.351 e. The molecule has 0 N–H and O–H groups in total. The number of aromatic nitrogens is 1. The molecule has 1 spiro atoms. The Morgan fingerprint density at radius 1 is 1.31 bits per heavy atom. The van der Waals surface area contributed by atoms with Crippen molar-refractivity contribution in [2.24, 2.45) is 0 Å². The summed E-state index contributed by atoms with van der Waals surface area (Å²) in [5, 5.41) is 0. The Kier molecular flexibility index (Phi) is 2.36. The smallest absolute Gasteiger partial charge is 0.136 e. The van der Waals surface area contributed by atoms with Crippen molar-refractivity contribution >= 4 is 5.82 Å². The van der Waals surface area contributed by atoms with Gasteiger partial charge in [0.1, 0.15) is 18.4 Å². The van der Waals surface area contributed by atoms with E-state index in [9.17, 15) is 0 Å². The van der Waals surface area contributed by atoms with Gasteiger partial charge in [-0.05, 0) is 19.1 Å². The maximum absolute atomic E-state index is 4.45. The quantitative estimate of drug-likeness (QED) is 0.525. The van der Waals surface area contributed by atoms with E-state index in [2.05, 4.69) is 28.9 Å². The zero-order chi connectivity index (χ0) is 11.0. The van der Waals surface area contributed by atoms with Gasteiger partial charge >= 0.3 is 0 Å².